The standard InChI is InChI=1S/C21H21N5O2S2/c27-19(5-7-26-14-22-20-15(21(26)28)6-12-29-20)25-10-8-24(9-11-25)13-18-23-16-3-1-2-4-17(16)30-18/h1-4,6,12,14H,5,7-11,13H2. The van der Waals surface area contributed by atoms with Crippen molar-refractivity contribution in [1.29, 1.82) is 0 Å². The topological polar surface area (TPSA) is 71.3 Å². The second kappa shape index (κ2) is 8.25. The van der Waals surface area contributed by atoms with Crippen LogP contribution in [-0.4, -0.2) is 56.4 Å². The van der Waals surface area contributed by atoms with Crippen LogP contribution in [0.15, 0.2) is 46.8 Å². The number of fused-ring (bicyclic) bond motifs is 2. The third-order valence-electron chi connectivity index (χ3n) is 5.44. The van der Waals surface area contributed by atoms with Crippen molar-refractivity contribution in [1.82, 2.24) is 24.3 Å². The fourth-order valence-corrected chi connectivity index (χ4v) is 5.49. The highest BCUT2D eigenvalue weighted by Gasteiger charge is 2.22. The van der Waals surface area contributed by atoms with Gasteiger partial charge in [-0.1, -0.05) is 12.1 Å². The number of aromatic nitrogens is 3. The molecule has 4 heterocycles. The van der Waals surface area contributed by atoms with Crippen molar-refractivity contribution in [3.05, 3.63) is 57.4 Å². The normalized spacial score (nSPS) is 15.3. The van der Waals surface area contributed by atoms with Gasteiger partial charge in [0, 0.05) is 39.1 Å². The van der Waals surface area contributed by atoms with E-state index < -0.39 is 0 Å². The molecule has 0 spiro atoms. The molecule has 1 amide bonds. The molecule has 0 saturated carbocycles. The van der Waals surface area contributed by atoms with Crippen LogP contribution in [0.3, 0.4) is 0 Å². The molecule has 0 unspecified atom stereocenters. The summed E-state index contributed by atoms with van der Waals surface area (Å²) in [7, 11) is 0. The smallest absolute Gasteiger partial charge is 0.262 e. The summed E-state index contributed by atoms with van der Waals surface area (Å²) in [6, 6.07) is 9.99. The Bertz CT molecular complexity index is 1220. The fraction of sp³-hybridized carbons (Fsp3) is 0.333. The zero-order valence-electron chi connectivity index (χ0n) is 16.4. The third kappa shape index (κ3) is 3.88. The molecule has 30 heavy (non-hydrogen) atoms. The molecule has 0 N–H and O–H groups in total. The molecule has 4 aromatic rings. The minimum atomic E-state index is -0.0743. The van der Waals surface area contributed by atoms with Gasteiger partial charge in [0.2, 0.25) is 5.91 Å². The van der Waals surface area contributed by atoms with Gasteiger partial charge in [-0.05, 0) is 23.6 Å². The molecule has 1 saturated heterocycles. The highest BCUT2D eigenvalue weighted by Crippen LogP contribution is 2.23. The van der Waals surface area contributed by atoms with Crippen LogP contribution < -0.4 is 5.56 Å². The first-order valence-electron chi connectivity index (χ1n) is 9.94. The number of nitrogens with zero attached hydrogens (tertiary/aromatic N) is 5. The van der Waals surface area contributed by atoms with Crippen LogP contribution >= 0.6 is 22.7 Å². The minimum Gasteiger partial charge on any atom is -0.340 e. The van der Waals surface area contributed by atoms with Crippen LogP contribution in [0.4, 0.5) is 0 Å². The summed E-state index contributed by atoms with van der Waals surface area (Å²) < 4.78 is 2.75. The molecule has 5 rings (SSSR count). The molecular formula is C21H21N5O2S2. The summed E-state index contributed by atoms with van der Waals surface area (Å²) >= 11 is 3.19. The van der Waals surface area contributed by atoms with E-state index in [1.54, 1.807) is 23.7 Å². The lowest BCUT2D eigenvalue weighted by atomic mass is 10.2. The molecule has 1 aliphatic heterocycles. The first kappa shape index (κ1) is 19.3. The number of para-hydroxylation sites is 1. The summed E-state index contributed by atoms with van der Waals surface area (Å²) in [4.78, 5) is 39.1. The van der Waals surface area contributed by atoms with Gasteiger partial charge in [0.25, 0.3) is 5.56 Å². The maximum Gasteiger partial charge on any atom is 0.262 e. The summed E-state index contributed by atoms with van der Waals surface area (Å²) in [6.45, 7) is 4.28. The Balaban J connectivity index is 1.14. The number of rotatable bonds is 5. The zero-order valence-corrected chi connectivity index (χ0v) is 18.0. The summed E-state index contributed by atoms with van der Waals surface area (Å²) in [5, 5.41) is 3.60. The molecule has 1 aliphatic rings. The van der Waals surface area contributed by atoms with Crippen LogP contribution in [0.2, 0.25) is 0 Å². The molecular weight excluding hydrogens is 418 g/mol. The molecule has 0 aliphatic carbocycles. The van der Waals surface area contributed by atoms with Gasteiger partial charge < -0.3 is 4.90 Å². The number of thiazole rings is 1. The van der Waals surface area contributed by atoms with Crippen molar-refractivity contribution in [2.75, 3.05) is 26.2 Å². The van der Waals surface area contributed by atoms with E-state index in [1.165, 1.54) is 20.6 Å². The Hall–Kier alpha value is -2.62. The zero-order chi connectivity index (χ0) is 20.5. The van der Waals surface area contributed by atoms with Gasteiger partial charge in [0.15, 0.2) is 0 Å². The maximum atomic E-state index is 12.6. The SMILES string of the molecule is O=C(CCn1cnc2sccc2c1=O)N1CCN(Cc2nc3ccccc3s2)CC1. The number of thiophene rings is 1. The van der Waals surface area contributed by atoms with E-state index in [9.17, 15) is 9.59 Å². The number of carbonyl (C=O) groups excluding carboxylic acids is 1. The average molecular weight is 440 g/mol. The predicted octanol–water partition coefficient (Wildman–Crippen LogP) is 2.80. The Morgan fingerprint density at radius 3 is 2.77 bits per heavy atom. The van der Waals surface area contributed by atoms with Crippen LogP contribution in [0.5, 0.6) is 0 Å². The monoisotopic (exact) mass is 439 g/mol. The molecule has 9 heteroatoms. The van der Waals surface area contributed by atoms with Gasteiger partial charge in [-0.25, -0.2) is 9.97 Å². The number of aryl methyl sites for hydroxylation is 1. The van der Waals surface area contributed by atoms with E-state index >= 15 is 0 Å². The quantitative estimate of drug-likeness (QED) is 0.478. The van der Waals surface area contributed by atoms with Gasteiger partial charge in [-0.15, -0.1) is 22.7 Å². The minimum absolute atomic E-state index is 0.0743. The van der Waals surface area contributed by atoms with E-state index in [-0.39, 0.29) is 11.5 Å². The molecule has 3 aromatic heterocycles. The molecule has 0 radical (unpaired) electrons. The third-order valence-corrected chi connectivity index (χ3v) is 7.28. The van der Waals surface area contributed by atoms with Crippen molar-refractivity contribution in [3.8, 4) is 0 Å². The summed E-state index contributed by atoms with van der Waals surface area (Å²) in [6.07, 6.45) is 1.86. The number of carbonyl (C=O) groups is 1. The maximum absolute atomic E-state index is 12.6. The van der Waals surface area contributed by atoms with Gasteiger partial charge in [-0.2, -0.15) is 0 Å². The lowest BCUT2D eigenvalue weighted by Crippen LogP contribution is -2.48. The summed E-state index contributed by atoms with van der Waals surface area (Å²) in [5.41, 5.74) is 0.978. The molecule has 0 atom stereocenters. The van der Waals surface area contributed by atoms with Crippen molar-refractivity contribution >= 4 is 49.0 Å². The van der Waals surface area contributed by atoms with Crippen LogP contribution in [0, 0.1) is 0 Å². The number of benzene rings is 1. The van der Waals surface area contributed by atoms with Crippen LogP contribution in [0.1, 0.15) is 11.4 Å². The van der Waals surface area contributed by atoms with E-state index in [0.717, 1.165) is 35.0 Å². The largest absolute Gasteiger partial charge is 0.340 e. The Labute approximate surface area is 181 Å². The van der Waals surface area contributed by atoms with Crippen LogP contribution in [0.25, 0.3) is 20.4 Å². The van der Waals surface area contributed by atoms with E-state index in [4.69, 9.17) is 4.98 Å². The van der Waals surface area contributed by atoms with Gasteiger partial charge >= 0.3 is 0 Å². The van der Waals surface area contributed by atoms with Crippen molar-refractivity contribution in [2.24, 2.45) is 0 Å². The molecule has 154 valence electrons. The Kier molecular flexibility index (Phi) is 5.32. The number of hydrogen-bond donors (Lipinski definition) is 0. The first-order valence-corrected chi connectivity index (χ1v) is 11.6. The number of piperazine rings is 1. The number of amides is 1. The highest BCUT2D eigenvalue weighted by molar-refractivity contribution is 7.18. The van der Waals surface area contributed by atoms with Crippen molar-refractivity contribution in [3.63, 3.8) is 0 Å². The van der Waals surface area contributed by atoms with E-state index in [2.05, 4.69) is 16.0 Å². The van der Waals surface area contributed by atoms with Crippen molar-refractivity contribution in [2.45, 2.75) is 19.5 Å². The number of hydrogen-bond acceptors (Lipinski definition) is 7. The Morgan fingerprint density at radius 2 is 1.93 bits per heavy atom. The summed E-state index contributed by atoms with van der Waals surface area (Å²) in [5.74, 6) is 0.0898. The van der Waals surface area contributed by atoms with E-state index in [0.29, 0.717) is 31.4 Å². The average Bonchev–Trinajstić information content (AvgIpc) is 3.40. The molecule has 7 nitrogen and oxygen atoms in total. The second-order valence-corrected chi connectivity index (χ2v) is 9.37. The fourth-order valence-electron chi connectivity index (χ4n) is 3.76. The second-order valence-electron chi connectivity index (χ2n) is 7.36. The highest BCUT2D eigenvalue weighted by atomic mass is 32.1. The Morgan fingerprint density at radius 1 is 1.10 bits per heavy atom. The van der Waals surface area contributed by atoms with Crippen molar-refractivity contribution < 1.29 is 4.79 Å². The predicted molar refractivity (Wildman–Crippen MR) is 120 cm³/mol. The molecule has 0 bridgehead atoms. The van der Waals surface area contributed by atoms with E-state index in [1.807, 2.05) is 28.5 Å². The molecule has 1 fully saturated rings. The lowest BCUT2D eigenvalue weighted by Gasteiger charge is -2.34. The lowest BCUT2D eigenvalue weighted by molar-refractivity contribution is -0.133. The van der Waals surface area contributed by atoms with Gasteiger partial charge in [0.1, 0.15) is 9.84 Å². The van der Waals surface area contributed by atoms with Gasteiger partial charge in [0.05, 0.1) is 28.5 Å². The van der Waals surface area contributed by atoms with Crippen LogP contribution in [-0.2, 0) is 17.9 Å². The van der Waals surface area contributed by atoms with Gasteiger partial charge in [-0.3, -0.25) is 19.1 Å². The molecule has 1 aromatic carbocycles. The first-order chi connectivity index (χ1) is 14.7.